The predicted octanol–water partition coefficient (Wildman–Crippen LogP) is 0.390. The molecule has 1 atom stereocenters. The number of hydrogen-bond donors (Lipinski definition) is 4. The monoisotopic (exact) mass is 535 g/mol. The molecule has 0 spiro atoms. The Morgan fingerprint density at radius 1 is 1.26 bits per heavy atom. The van der Waals surface area contributed by atoms with Crippen LogP contribution < -0.4 is 40.6 Å². The van der Waals surface area contributed by atoms with E-state index in [2.05, 4.69) is 11.4 Å². The van der Waals surface area contributed by atoms with E-state index in [4.69, 9.17) is 40.5 Å². The SMILES string of the molecule is NC(=O)Nc1cccc(Cl)c1Cl.O=S(=O)(c1c(O)[c-]ccc1Cl)N1CCSC(O)C1.[Na+]. The van der Waals surface area contributed by atoms with Gasteiger partial charge in [0, 0.05) is 29.5 Å². The smallest absolute Gasteiger partial charge is 0.533 e. The zero-order valence-electron chi connectivity index (χ0n) is 16.2. The molecular formula is C17H17Cl3N3NaO5S2. The molecule has 2 aromatic rings. The van der Waals surface area contributed by atoms with Crippen LogP contribution in [0, 0.1) is 6.07 Å². The van der Waals surface area contributed by atoms with E-state index in [9.17, 15) is 23.4 Å². The van der Waals surface area contributed by atoms with Gasteiger partial charge in [-0.1, -0.05) is 29.3 Å². The van der Waals surface area contributed by atoms with Gasteiger partial charge in [0.25, 0.3) is 0 Å². The van der Waals surface area contributed by atoms with Crippen LogP contribution in [0.15, 0.2) is 35.2 Å². The van der Waals surface area contributed by atoms with Gasteiger partial charge >= 0.3 is 35.6 Å². The number of thioether (sulfide) groups is 1. The fourth-order valence-electron chi connectivity index (χ4n) is 2.38. The first-order valence-electron chi connectivity index (χ1n) is 8.23. The number of phenols is 1. The number of aliphatic hydroxyl groups is 1. The summed E-state index contributed by atoms with van der Waals surface area (Å²) in [6.07, 6.45) is 0. The zero-order chi connectivity index (χ0) is 22.5. The summed E-state index contributed by atoms with van der Waals surface area (Å²) < 4.78 is 25.7. The number of anilines is 1. The molecule has 5 N–H and O–H groups in total. The van der Waals surface area contributed by atoms with Gasteiger partial charge in [-0.15, -0.1) is 29.4 Å². The summed E-state index contributed by atoms with van der Waals surface area (Å²) in [5.41, 5.74) is 4.54. The molecule has 0 saturated carbocycles. The Hall–Kier alpha value is -0.400. The third kappa shape index (κ3) is 7.85. The maximum absolute atomic E-state index is 12.3. The minimum atomic E-state index is -3.91. The summed E-state index contributed by atoms with van der Waals surface area (Å²) in [7, 11) is -3.91. The van der Waals surface area contributed by atoms with Crippen LogP contribution in [-0.2, 0) is 10.0 Å². The van der Waals surface area contributed by atoms with Crippen LogP contribution >= 0.6 is 46.6 Å². The molecule has 1 aliphatic heterocycles. The van der Waals surface area contributed by atoms with Crippen molar-refractivity contribution in [2.24, 2.45) is 5.73 Å². The minimum Gasteiger partial charge on any atom is -0.533 e. The van der Waals surface area contributed by atoms with Crippen LogP contribution in [0.2, 0.25) is 15.1 Å². The normalized spacial score (nSPS) is 16.5. The number of carbonyl (C=O) groups is 1. The maximum Gasteiger partial charge on any atom is 1.00 e. The number of nitrogens with zero attached hydrogens (tertiary/aromatic N) is 1. The average Bonchev–Trinajstić information content (AvgIpc) is 2.65. The Kier molecular flexibility index (Phi) is 11.8. The Labute approximate surface area is 221 Å². The molecule has 2 amide bonds. The number of β-amino-alcohol motifs (C(OH)–C–C–N with tert-alkyl or cyclic N) is 1. The molecule has 14 heteroatoms. The second-order valence-corrected chi connectivity index (χ2v) is 10.1. The van der Waals surface area contributed by atoms with E-state index in [1.807, 2.05) is 0 Å². The van der Waals surface area contributed by atoms with Gasteiger partial charge in [0.1, 0.15) is 5.44 Å². The van der Waals surface area contributed by atoms with Gasteiger partial charge in [0.05, 0.1) is 15.7 Å². The van der Waals surface area contributed by atoms with Gasteiger partial charge in [-0.2, -0.15) is 12.1 Å². The molecule has 164 valence electrons. The van der Waals surface area contributed by atoms with Crippen molar-refractivity contribution in [1.29, 1.82) is 0 Å². The summed E-state index contributed by atoms with van der Waals surface area (Å²) in [6.45, 7) is 0.256. The van der Waals surface area contributed by atoms with Crippen LogP contribution in [0.3, 0.4) is 0 Å². The van der Waals surface area contributed by atoms with Gasteiger partial charge in [0.2, 0.25) is 10.0 Å². The van der Waals surface area contributed by atoms with E-state index in [0.29, 0.717) is 16.5 Å². The van der Waals surface area contributed by atoms with Crippen LogP contribution in [0.5, 0.6) is 5.75 Å². The number of primary amides is 1. The zero-order valence-corrected chi connectivity index (χ0v) is 22.1. The van der Waals surface area contributed by atoms with Gasteiger partial charge in [-0.05, 0) is 17.2 Å². The van der Waals surface area contributed by atoms with E-state index < -0.39 is 27.2 Å². The van der Waals surface area contributed by atoms with E-state index in [-0.39, 0.29) is 57.6 Å². The molecule has 1 aliphatic rings. The molecule has 8 nitrogen and oxygen atoms in total. The number of benzene rings is 2. The van der Waals surface area contributed by atoms with Crippen molar-refractivity contribution < 1.29 is 53.0 Å². The topological polar surface area (TPSA) is 133 Å². The molecule has 2 aromatic carbocycles. The van der Waals surface area contributed by atoms with Crippen molar-refractivity contribution in [3.8, 4) is 5.75 Å². The number of urea groups is 1. The molecule has 31 heavy (non-hydrogen) atoms. The van der Waals surface area contributed by atoms with E-state index in [0.717, 1.165) is 4.31 Å². The second kappa shape index (κ2) is 12.7. The number of aliphatic hydroxyl groups excluding tert-OH is 1. The maximum atomic E-state index is 12.3. The molecule has 1 fully saturated rings. The van der Waals surface area contributed by atoms with Crippen LogP contribution in [0.25, 0.3) is 0 Å². The Bertz CT molecular complexity index is 1010. The van der Waals surface area contributed by atoms with Crippen LogP contribution in [0.1, 0.15) is 0 Å². The summed E-state index contributed by atoms with van der Waals surface area (Å²) >= 11 is 18.5. The Morgan fingerprint density at radius 3 is 2.52 bits per heavy atom. The summed E-state index contributed by atoms with van der Waals surface area (Å²) in [6, 6.07) is 9.32. The quantitative estimate of drug-likeness (QED) is 0.331. The largest absolute Gasteiger partial charge is 1.00 e. The second-order valence-electron chi connectivity index (χ2n) is 5.78. The number of sulfonamides is 1. The molecular weight excluding hydrogens is 520 g/mol. The van der Waals surface area contributed by atoms with Crippen molar-refractivity contribution >= 4 is 68.3 Å². The molecule has 3 rings (SSSR count). The predicted molar refractivity (Wildman–Crippen MR) is 119 cm³/mol. The standard InChI is InChI=1S/C10H11ClNO4S2.C7H6Cl2N2O.Na/c11-7-2-1-3-8(13)10(7)18(15,16)12-4-5-17-9(14)6-12;8-4-2-1-3-5(6(4)9)11-7(10)12;/h1-2,9,13-14H,4-6H2;1-3H,(H3,10,11,12);/q-1;;+1. The molecule has 0 aromatic heterocycles. The van der Waals surface area contributed by atoms with Gasteiger partial charge in [0.15, 0.2) is 0 Å². The summed E-state index contributed by atoms with van der Waals surface area (Å²) in [4.78, 5) is 10.1. The van der Waals surface area contributed by atoms with Gasteiger partial charge in [-0.3, -0.25) is 0 Å². The number of aromatic hydroxyl groups is 1. The van der Waals surface area contributed by atoms with Gasteiger partial charge < -0.3 is 21.3 Å². The molecule has 0 bridgehead atoms. The number of nitrogens with two attached hydrogens (primary N) is 1. The average molecular weight is 537 g/mol. The van der Waals surface area contributed by atoms with E-state index in [1.54, 1.807) is 18.2 Å². The molecule has 1 saturated heterocycles. The number of amides is 2. The first-order chi connectivity index (χ1) is 14.0. The number of hydrogen-bond acceptors (Lipinski definition) is 6. The fraction of sp³-hybridized carbons (Fsp3) is 0.235. The van der Waals surface area contributed by atoms with Crippen molar-refractivity contribution in [2.45, 2.75) is 10.3 Å². The number of halogens is 3. The first-order valence-corrected chi connectivity index (χ1v) is 11.9. The van der Waals surface area contributed by atoms with Crippen molar-refractivity contribution in [1.82, 2.24) is 4.31 Å². The first kappa shape index (κ1) is 28.6. The van der Waals surface area contributed by atoms with Crippen LogP contribution in [-0.4, -0.2) is 53.2 Å². The van der Waals surface area contributed by atoms with Crippen molar-refractivity contribution in [3.63, 3.8) is 0 Å². The number of nitrogens with one attached hydrogen (secondary N) is 1. The molecule has 0 aliphatic carbocycles. The third-order valence-electron chi connectivity index (χ3n) is 3.70. The molecule has 1 heterocycles. The Balaban J connectivity index is 0.000000324. The van der Waals surface area contributed by atoms with E-state index >= 15 is 0 Å². The summed E-state index contributed by atoms with van der Waals surface area (Å²) in [5, 5.41) is 22.0. The third-order valence-corrected chi connectivity index (χ3v) is 7.84. The summed E-state index contributed by atoms with van der Waals surface area (Å²) in [5.74, 6) is -0.00907. The fourth-order valence-corrected chi connectivity index (χ4v) is 5.81. The van der Waals surface area contributed by atoms with E-state index in [1.165, 1.54) is 23.9 Å². The number of rotatable bonds is 3. The van der Waals surface area contributed by atoms with Crippen LogP contribution in [0.4, 0.5) is 10.5 Å². The molecule has 0 radical (unpaired) electrons. The van der Waals surface area contributed by atoms with Crippen molar-refractivity contribution in [2.75, 3.05) is 24.2 Å². The van der Waals surface area contributed by atoms with Crippen molar-refractivity contribution in [3.05, 3.63) is 51.5 Å². The number of carbonyl (C=O) groups excluding carboxylic acids is 1. The number of phenolic OH excluding ortho intramolecular Hbond substituents is 1. The van der Waals surface area contributed by atoms with Gasteiger partial charge in [-0.25, -0.2) is 17.5 Å². The minimum absolute atomic E-state index is 0. The Morgan fingerprint density at radius 2 is 1.94 bits per heavy atom. The molecule has 1 unspecified atom stereocenters.